The molecule has 0 atom stereocenters. The quantitative estimate of drug-likeness (QED) is 0.427. The van der Waals surface area contributed by atoms with E-state index in [0.29, 0.717) is 0 Å². The average molecular weight is 451 g/mol. The van der Waals surface area contributed by atoms with Crippen LogP contribution in [-0.4, -0.2) is 24.4 Å². The Morgan fingerprint density at radius 1 is 0.625 bits per heavy atom. The number of fused-ring (bicyclic) bond motifs is 3. The molecule has 0 bridgehead atoms. The third-order valence-corrected chi connectivity index (χ3v) is 7.99. The first kappa shape index (κ1) is 20.9. The Hall–Kier alpha value is -3.01. The molecule has 1 nitrogen and oxygen atoms in total. The van der Waals surface area contributed by atoms with E-state index in [1.165, 1.54) is 46.9 Å². The highest BCUT2D eigenvalue weighted by atomic mass is 32.2. The van der Waals surface area contributed by atoms with Gasteiger partial charge in [0.05, 0.1) is 4.24 Å². The van der Waals surface area contributed by atoms with Gasteiger partial charge in [0.25, 0.3) is 0 Å². The maximum Gasteiger partial charge on any atom is 0.199 e. The molecule has 1 heterocycles. The Morgan fingerprint density at radius 2 is 1.19 bits per heavy atom. The SMILES string of the molecule is C[N+](C)=C1C=CC(=CC=c2ccc(=C3Sc4ccccc4-c4ccccc4S3)cc2)C=C1. The number of hydrogen-bond donors (Lipinski definition) is 0. The van der Waals surface area contributed by atoms with E-state index >= 15 is 0 Å². The third-order valence-electron chi connectivity index (χ3n) is 5.49. The maximum atomic E-state index is 2.24. The van der Waals surface area contributed by atoms with E-state index in [2.05, 4.69) is 128 Å². The predicted octanol–water partition coefficient (Wildman–Crippen LogP) is 5.86. The summed E-state index contributed by atoms with van der Waals surface area (Å²) < 4.78 is 3.43. The first-order valence-electron chi connectivity index (χ1n) is 10.6. The van der Waals surface area contributed by atoms with E-state index in [0.717, 1.165) is 0 Å². The first-order valence-corrected chi connectivity index (χ1v) is 12.3. The Morgan fingerprint density at radius 3 is 1.75 bits per heavy atom. The van der Waals surface area contributed by atoms with Crippen molar-refractivity contribution in [1.29, 1.82) is 0 Å². The van der Waals surface area contributed by atoms with Crippen LogP contribution in [0.2, 0.25) is 0 Å². The standard InChI is InChI=1S/C29H24NS2/c1-30(2)24-19-15-22(16-20-24)12-11-21-13-17-23(18-14-21)29-31-27-9-5-3-7-25(27)26-8-4-6-10-28(26)32-29/h3-20H,1-2H3/q+1. The lowest BCUT2D eigenvalue weighted by Crippen LogP contribution is -2.09. The van der Waals surface area contributed by atoms with E-state index in [1.807, 2.05) is 23.5 Å². The molecular formula is C29H24NS2+. The minimum atomic E-state index is 1.20. The largest absolute Gasteiger partial charge is 0.235 e. The predicted molar refractivity (Wildman–Crippen MR) is 141 cm³/mol. The lowest BCUT2D eigenvalue weighted by molar-refractivity contribution is -0.462. The fraction of sp³-hybridized carbons (Fsp3) is 0.0690. The number of hydrogen-bond acceptors (Lipinski definition) is 2. The van der Waals surface area contributed by atoms with Crippen molar-refractivity contribution in [3.63, 3.8) is 0 Å². The zero-order chi connectivity index (χ0) is 21.9. The molecule has 0 saturated carbocycles. The van der Waals surface area contributed by atoms with Gasteiger partial charge >= 0.3 is 0 Å². The highest BCUT2D eigenvalue weighted by Gasteiger charge is 2.18. The molecule has 0 amide bonds. The van der Waals surface area contributed by atoms with Crippen LogP contribution in [0.3, 0.4) is 0 Å². The molecule has 0 spiro atoms. The van der Waals surface area contributed by atoms with Crippen LogP contribution < -0.4 is 10.4 Å². The molecule has 0 saturated heterocycles. The second kappa shape index (κ2) is 9.23. The normalized spacial score (nSPS) is 14.5. The van der Waals surface area contributed by atoms with Crippen molar-refractivity contribution < 1.29 is 4.58 Å². The van der Waals surface area contributed by atoms with Crippen LogP contribution in [0, 0.1) is 0 Å². The van der Waals surface area contributed by atoms with Crippen LogP contribution in [0.5, 0.6) is 0 Å². The molecule has 0 fully saturated rings. The van der Waals surface area contributed by atoms with Gasteiger partial charge < -0.3 is 0 Å². The highest BCUT2D eigenvalue weighted by Crippen LogP contribution is 2.50. The third kappa shape index (κ3) is 4.45. The number of rotatable bonds is 1. The Labute approximate surface area is 197 Å². The molecule has 2 aliphatic rings. The van der Waals surface area contributed by atoms with Crippen LogP contribution in [0.15, 0.2) is 119 Å². The molecule has 1 aliphatic carbocycles. The van der Waals surface area contributed by atoms with Gasteiger partial charge in [0.2, 0.25) is 0 Å². The molecule has 5 rings (SSSR count). The zero-order valence-corrected chi connectivity index (χ0v) is 19.8. The maximum absolute atomic E-state index is 2.24. The van der Waals surface area contributed by atoms with E-state index in [1.54, 1.807) is 0 Å². The molecule has 3 aromatic rings. The number of thioether (sulfide) groups is 2. The van der Waals surface area contributed by atoms with Crippen molar-refractivity contribution in [2.24, 2.45) is 0 Å². The van der Waals surface area contributed by atoms with Gasteiger partial charge in [-0.15, -0.1) is 0 Å². The zero-order valence-electron chi connectivity index (χ0n) is 18.2. The molecule has 0 aromatic heterocycles. The van der Waals surface area contributed by atoms with Gasteiger partial charge in [0.1, 0.15) is 14.1 Å². The van der Waals surface area contributed by atoms with Gasteiger partial charge in [-0.25, -0.2) is 4.58 Å². The average Bonchev–Trinajstić information content (AvgIpc) is 3.00. The number of benzene rings is 3. The van der Waals surface area contributed by atoms with E-state index in [4.69, 9.17) is 0 Å². The van der Waals surface area contributed by atoms with Crippen molar-refractivity contribution in [3.8, 4) is 11.1 Å². The van der Waals surface area contributed by atoms with Crippen LogP contribution >= 0.6 is 23.5 Å². The summed E-state index contributed by atoms with van der Waals surface area (Å²) in [7, 11) is 4.12. The van der Waals surface area contributed by atoms with Gasteiger partial charge in [-0.05, 0) is 51.4 Å². The number of nitrogens with zero attached hydrogens (tertiary/aromatic N) is 1. The molecule has 0 radical (unpaired) electrons. The molecular weight excluding hydrogens is 426 g/mol. The lowest BCUT2D eigenvalue weighted by atomic mass is 10.1. The van der Waals surface area contributed by atoms with Gasteiger partial charge in [-0.3, -0.25) is 0 Å². The fourth-order valence-electron chi connectivity index (χ4n) is 3.70. The minimum Gasteiger partial charge on any atom is -0.235 e. The fourth-order valence-corrected chi connectivity index (χ4v) is 6.18. The Balaban J connectivity index is 1.49. The van der Waals surface area contributed by atoms with Crippen molar-refractivity contribution in [2.45, 2.75) is 9.79 Å². The number of allylic oxidation sites excluding steroid dienone is 6. The summed E-state index contributed by atoms with van der Waals surface area (Å²) in [5, 5.41) is 2.47. The topological polar surface area (TPSA) is 3.01 Å². The smallest absolute Gasteiger partial charge is 0.199 e. The van der Waals surface area contributed by atoms with Crippen molar-refractivity contribution >= 4 is 39.5 Å². The molecule has 3 aromatic carbocycles. The summed E-state index contributed by atoms with van der Waals surface area (Å²) in [4.78, 5) is 2.62. The van der Waals surface area contributed by atoms with Crippen LogP contribution in [0.25, 0.3) is 21.4 Å². The summed E-state index contributed by atoms with van der Waals surface area (Å²) in [6, 6.07) is 26.3. The molecule has 3 heteroatoms. The second-order valence-electron chi connectivity index (χ2n) is 7.93. The lowest BCUT2D eigenvalue weighted by Gasteiger charge is -2.06. The molecule has 1 aliphatic heterocycles. The summed E-state index contributed by atoms with van der Waals surface area (Å²) in [5.74, 6) is 0. The van der Waals surface area contributed by atoms with Crippen molar-refractivity contribution in [2.75, 3.05) is 14.1 Å². The molecule has 0 N–H and O–H groups in total. The van der Waals surface area contributed by atoms with Crippen LogP contribution in [0.1, 0.15) is 0 Å². The second-order valence-corrected chi connectivity index (χ2v) is 10.3. The Kier molecular flexibility index (Phi) is 6.02. The van der Waals surface area contributed by atoms with E-state index in [9.17, 15) is 0 Å². The van der Waals surface area contributed by atoms with Crippen molar-refractivity contribution in [1.82, 2.24) is 0 Å². The minimum absolute atomic E-state index is 1.20. The summed E-state index contributed by atoms with van der Waals surface area (Å²) in [5.41, 5.74) is 5.05. The van der Waals surface area contributed by atoms with Gasteiger partial charge in [0.15, 0.2) is 5.71 Å². The van der Waals surface area contributed by atoms with Gasteiger partial charge in [-0.1, -0.05) is 96.3 Å². The van der Waals surface area contributed by atoms with Crippen molar-refractivity contribution in [3.05, 3.63) is 119 Å². The van der Waals surface area contributed by atoms with E-state index < -0.39 is 0 Å². The summed E-state index contributed by atoms with van der Waals surface area (Å²) in [6.07, 6.45) is 13.0. The highest BCUT2D eigenvalue weighted by molar-refractivity contribution is 8.30. The summed E-state index contributed by atoms with van der Waals surface area (Å²) in [6.45, 7) is 0. The molecule has 0 unspecified atom stereocenters. The first-order chi connectivity index (χ1) is 15.7. The van der Waals surface area contributed by atoms with Crippen LogP contribution in [0.4, 0.5) is 0 Å². The van der Waals surface area contributed by atoms with Crippen LogP contribution in [-0.2, 0) is 0 Å². The van der Waals surface area contributed by atoms with Gasteiger partial charge in [-0.2, -0.15) is 0 Å². The van der Waals surface area contributed by atoms with Gasteiger partial charge in [0, 0.05) is 21.9 Å². The molecule has 156 valence electrons. The Bertz CT molecular complexity index is 1340. The monoisotopic (exact) mass is 450 g/mol. The molecule has 32 heavy (non-hydrogen) atoms. The summed E-state index contributed by atoms with van der Waals surface area (Å²) >= 11 is 3.73. The van der Waals surface area contributed by atoms with E-state index in [-0.39, 0.29) is 0 Å².